The molecule has 0 bridgehead atoms. The molecule has 26 heavy (non-hydrogen) atoms. The topological polar surface area (TPSA) is 76.1 Å². The zero-order valence-corrected chi connectivity index (χ0v) is 14.5. The van der Waals surface area contributed by atoms with E-state index in [0.717, 1.165) is 0 Å². The molecule has 1 saturated heterocycles. The first-order valence-electron chi connectivity index (χ1n) is 7.87. The minimum Gasteiger partial charge on any atom is -0.507 e. The monoisotopic (exact) mass is 371 g/mol. The van der Waals surface area contributed by atoms with Crippen LogP contribution < -0.4 is 9.47 Å². The van der Waals surface area contributed by atoms with E-state index in [1.54, 1.807) is 42.5 Å². The molecule has 0 spiro atoms. The molecule has 132 valence electrons. The number of fused-ring (bicyclic) bond motifs is 1. The SMILES string of the molecule is CN1C(=O)C(=O)C(=C(O)c2ccc(Cl)cc2)[C@H]1c1ccc2c(c1)OCO2. The molecule has 6 nitrogen and oxygen atoms in total. The van der Waals surface area contributed by atoms with Gasteiger partial charge in [0.1, 0.15) is 5.76 Å². The molecule has 4 rings (SSSR count). The van der Waals surface area contributed by atoms with E-state index in [4.69, 9.17) is 21.1 Å². The summed E-state index contributed by atoms with van der Waals surface area (Å²) in [5.74, 6) is -0.523. The second-order valence-corrected chi connectivity index (χ2v) is 6.47. The number of benzene rings is 2. The third kappa shape index (κ3) is 2.50. The first kappa shape index (κ1) is 16.5. The van der Waals surface area contributed by atoms with Crippen LogP contribution in [0.25, 0.3) is 5.76 Å². The van der Waals surface area contributed by atoms with Gasteiger partial charge in [0.25, 0.3) is 11.7 Å². The van der Waals surface area contributed by atoms with Crippen LogP contribution in [0.5, 0.6) is 11.5 Å². The lowest BCUT2D eigenvalue weighted by atomic mass is 9.95. The zero-order chi connectivity index (χ0) is 18.4. The van der Waals surface area contributed by atoms with E-state index in [-0.39, 0.29) is 18.1 Å². The molecule has 0 aliphatic carbocycles. The lowest BCUT2D eigenvalue weighted by Gasteiger charge is -2.21. The van der Waals surface area contributed by atoms with Crippen LogP contribution in [0.15, 0.2) is 48.0 Å². The van der Waals surface area contributed by atoms with Crippen LogP contribution in [0.3, 0.4) is 0 Å². The average molecular weight is 372 g/mol. The molecule has 2 aliphatic heterocycles. The molecular weight excluding hydrogens is 358 g/mol. The van der Waals surface area contributed by atoms with Gasteiger partial charge in [0, 0.05) is 17.6 Å². The number of carbonyl (C=O) groups is 2. The molecule has 0 saturated carbocycles. The van der Waals surface area contributed by atoms with E-state index < -0.39 is 17.7 Å². The Morgan fingerprint density at radius 2 is 1.81 bits per heavy atom. The Bertz CT molecular complexity index is 951. The number of amides is 1. The second-order valence-electron chi connectivity index (χ2n) is 6.03. The number of halogens is 1. The normalized spacial score (nSPS) is 20.7. The van der Waals surface area contributed by atoms with Crippen LogP contribution >= 0.6 is 11.6 Å². The van der Waals surface area contributed by atoms with Crippen molar-refractivity contribution >= 4 is 29.1 Å². The average Bonchev–Trinajstić information content (AvgIpc) is 3.19. The largest absolute Gasteiger partial charge is 0.507 e. The summed E-state index contributed by atoms with van der Waals surface area (Å²) in [4.78, 5) is 26.1. The van der Waals surface area contributed by atoms with Crippen molar-refractivity contribution in [3.63, 3.8) is 0 Å². The number of ether oxygens (including phenoxy) is 2. The molecule has 1 fully saturated rings. The number of ketones is 1. The minimum absolute atomic E-state index is 0.0266. The lowest BCUT2D eigenvalue weighted by molar-refractivity contribution is -0.139. The maximum Gasteiger partial charge on any atom is 0.295 e. The fourth-order valence-corrected chi connectivity index (χ4v) is 3.31. The predicted molar refractivity (Wildman–Crippen MR) is 94.1 cm³/mol. The number of hydrogen-bond acceptors (Lipinski definition) is 5. The molecule has 2 aliphatic rings. The van der Waals surface area contributed by atoms with E-state index in [2.05, 4.69) is 0 Å². The van der Waals surface area contributed by atoms with Gasteiger partial charge in [-0.3, -0.25) is 9.59 Å². The Kier molecular flexibility index (Phi) is 3.85. The zero-order valence-electron chi connectivity index (χ0n) is 13.7. The Hall–Kier alpha value is -2.99. The second kappa shape index (κ2) is 6.07. The highest BCUT2D eigenvalue weighted by Crippen LogP contribution is 2.42. The summed E-state index contributed by atoms with van der Waals surface area (Å²) in [6.45, 7) is 0.121. The van der Waals surface area contributed by atoms with Crippen molar-refractivity contribution in [2.45, 2.75) is 6.04 Å². The highest BCUT2D eigenvalue weighted by molar-refractivity contribution is 6.46. The van der Waals surface area contributed by atoms with Gasteiger partial charge in [0.05, 0.1) is 11.6 Å². The van der Waals surface area contributed by atoms with Crippen molar-refractivity contribution in [3.05, 3.63) is 64.2 Å². The number of nitrogens with zero attached hydrogens (tertiary/aromatic N) is 1. The first-order valence-corrected chi connectivity index (χ1v) is 8.25. The van der Waals surface area contributed by atoms with Gasteiger partial charge in [-0.1, -0.05) is 17.7 Å². The number of aliphatic hydroxyl groups is 1. The molecule has 0 radical (unpaired) electrons. The van der Waals surface area contributed by atoms with Crippen LogP contribution in [-0.2, 0) is 9.59 Å². The maximum absolute atomic E-state index is 12.5. The number of rotatable bonds is 2. The van der Waals surface area contributed by atoms with Gasteiger partial charge >= 0.3 is 0 Å². The molecule has 2 aromatic rings. The third-order valence-electron chi connectivity index (χ3n) is 4.51. The Balaban J connectivity index is 1.85. The summed E-state index contributed by atoms with van der Waals surface area (Å²) >= 11 is 5.88. The Morgan fingerprint density at radius 3 is 2.54 bits per heavy atom. The number of likely N-dealkylation sites (tertiary alicyclic amines) is 1. The Morgan fingerprint density at radius 1 is 1.12 bits per heavy atom. The molecule has 2 aromatic carbocycles. The molecule has 7 heteroatoms. The lowest BCUT2D eigenvalue weighted by Crippen LogP contribution is -2.24. The maximum atomic E-state index is 12.5. The molecule has 1 amide bonds. The fraction of sp³-hybridized carbons (Fsp3) is 0.158. The minimum atomic E-state index is -0.734. The van der Waals surface area contributed by atoms with Gasteiger partial charge in [-0.2, -0.15) is 0 Å². The summed E-state index contributed by atoms with van der Waals surface area (Å²) in [5.41, 5.74) is 1.08. The van der Waals surface area contributed by atoms with Gasteiger partial charge in [-0.25, -0.2) is 0 Å². The summed E-state index contributed by atoms with van der Waals surface area (Å²) < 4.78 is 10.7. The Labute approximate surface area is 154 Å². The van der Waals surface area contributed by atoms with Crippen molar-refractivity contribution in [1.82, 2.24) is 4.90 Å². The van der Waals surface area contributed by atoms with E-state index in [1.165, 1.54) is 11.9 Å². The van der Waals surface area contributed by atoms with Crippen LogP contribution in [0.4, 0.5) is 0 Å². The van der Waals surface area contributed by atoms with Crippen molar-refractivity contribution in [2.24, 2.45) is 0 Å². The number of carbonyl (C=O) groups excluding carboxylic acids is 2. The molecule has 1 atom stereocenters. The van der Waals surface area contributed by atoms with Crippen molar-refractivity contribution in [2.75, 3.05) is 13.8 Å². The van der Waals surface area contributed by atoms with E-state index in [9.17, 15) is 14.7 Å². The van der Waals surface area contributed by atoms with Crippen molar-refractivity contribution in [1.29, 1.82) is 0 Å². The van der Waals surface area contributed by atoms with Gasteiger partial charge in [0.15, 0.2) is 11.5 Å². The summed E-state index contributed by atoms with van der Waals surface area (Å²) in [6.07, 6.45) is 0. The smallest absolute Gasteiger partial charge is 0.295 e. The summed E-state index contributed by atoms with van der Waals surface area (Å²) in [6, 6.07) is 10.9. The van der Waals surface area contributed by atoms with E-state index >= 15 is 0 Å². The van der Waals surface area contributed by atoms with Crippen LogP contribution in [0.1, 0.15) is 17.2 Å². The molecule has 0 aromatic heterocycles. The van der Waals surface area contributed by atoms with E-state index in [0.29, 0.717) is 27.6 Å². The van der Waals surface area contributed by atoms with Gasteiger partial charge < -0.3 is 19.5 Å². The molecule has 1 N–H and O–H groups in total. The third-order valence-corrected chi connectivity index (χ3v) is 4.76. The van der Waals surface area contributed by atoms with Gasteiger partial charge in [-0.15, -0.1) is 0 Å². The fourth-order valence-electron chi connectivity index (χ4n) is 3.18. The summed E-state index contributed by atoms with van der Waals surface area (Å²) in [5, 5.41) is 11.2. The van der Waals surface area contributed by atoms with Gasteiger partial charge in [0.2, 0.25) is 6.79 Å². The number of hydrogen-bond donors (Lipinski definition) is 1. The standard InChI is InChI=1S/C19H14ClNO5/c1-21-16(11-4-7-13-14(8-11)26-9-25-13)15(18(23)19(21)24)17(22)10-2-5-12(20)6-3-10/h2-8,16,22H,9H2,1H3/t16-/m1/s1. The first-order chi connectivity index (χ1) is 12.5. The molecule has 0 unspecified atom stereocenters. The highest BCUT2D eigenvalue weighted by atomic mass is 35.5. The van der Waals surface area contributed by atoms with Crippen molar-refractivity contribution in [3.8, 4) is 11.5 Å². The molecular formula is C19H14ClNO5. The molecule has 2 heterocycles. The predicted octanol–water partition coefficient (Wildman–Crippen LogP) is 3.12. The number of Topliss-reactive ketones (excluding diaryl/α,β-unsaturated/α-hetero) is 1. The van der Waals surface area contributed by atoms with Crippen LogP contribution in [0, 0.1) is 0 Å². The quantitative estimate of drug-likeness (QED) is 0.498. The van der Waals surface area contributed by atoms with Crippen molar-refractivity contribution < 1.29 is 24.2 Å². The van der Waals surface area contributed by atoms with Gasteiger partial charge in [-0.05, 0) is 42.0 Å². The summed E-state index contributed by atoms with van der Waals surface area (Å²) in [7, 11) is 1.53. The van der Waals surface area contributed by atoms with Crippen LogP contribution in [0.2, 0.25) is 5.02 Å². The van der Waals surface area contributed by atoms with Crippen LogP contribution in [-0.4, -0.2) is 35.5 Å². The number of likely N-dealkylation sites (N-methyl/N-ethyl adjacent to an activating group) is 1. The van der Waals surface area contributed by atoms with E-state index in [1.807, 2.05) is 0 Å². The highest BCUT2D eigenvalue weighted by Gasteiger charge is 2.44. The number of aliphatic hydroxyl groups excluding tert-OH is 1.